The van der Waals surface area contributed by atoms with E-state index in [1.54, 1.807) is 30.5 Å². The summed E-state index contributed by atoms with van der Waals surface area (Å²) in [5, 5.41) is 6.67. The highest BCUT2D eigenvalue weighted by atomic mass is 35.5. The SMILES string of the molecule is Cc1cccc(Nc2cncc(C(=O)Nc3cccc(Cl)c3Cl)c2)c1. The van der Waals surface area contributed by atoms with Crippen LogP contribution < -0.4 is 10.6 Å². The van der Waals surface area contributed by atoms with Crippen LogP contribution in [0.25, 0.3) is 0 Å². The zero-order chi connectivity index (χ0) is 17.8. The van der Waals surface area contributed by atoms with Gasteiger partial charge in [-0.1, -0.05) is 41.4 Å². The van der Waals surface area contributed by atoms with Crippen molar-refractivity contribution in [3.05, 3.63) is 82.1 Å². The first-order valence-corrected chi connectivity index (χ1v) is 8.32. The summed E-state index contributed by atoms with van der Waals surface area (Å²) in [5.74, 6) is -0.315. The third-order valence-electron chi connectivity index (χ3n) is 3.51. The van der Waals surface area contributed by atoms with E-state index in [-0.39, 0.29) is 5.91 Å². The van der Waals surface area contributed by atoms with Crippen molar-refractivity contribution in [1.29, 1.82) is 0 Å². The summed E-state index contributed by atoms with van der Waals surface area (Å²) in [7, 11) is 0. The monoisotopic (exact) mass is 371 g/mol. The number of nitrogens with one attached hydrogen (secondary N) is 2. The molecule has 4 nitrogen and oxygen atoms in total. The number of pyridine rings is 1. The molecule has 1 heterocycles. The summed E-state index contributed by atoms with van der Waals surface area (Å²) in [6.45, 7) is 2.02. The van der Waals surface area contributed by atoms with Gasteiger partial charge < -0.3 is 10.6 Å². The minimum Gasteiger partial charge on any atom is -0.354 e. The molecule has 25 heavy (non-hydrogen) atoms. The number of halogens is 2. The van der Waals surface area contributed by atoms with Gasteiger partial charge in [0.2, 0.25) is 0 Å². The standard InChI is InChI=1S/C19H15Cl2N3O/c1-12-4-2-5-14(8-12)23-15-9-13(10-22-11-15)19(25)24-17-7-3-6-16(20)18(17)21/h2-11,23H,1H3,(H,24,25). The van der Waals surface area contributed by atoms with Crippen molar-refractivity contribution >= 4 is 46.2 Å². The number of hydrogen-bond acceptors (Lipinski definition) is 3. The summed E-state index contributed by atoms with van der Waals surface area (Å²) in [6, 6.07) is 14.7. The van der Waals surface area contributed by atoms with Gasteiger partial charge in [0.25, 0.3) is 5.91 Å². The second kappa shape index (κ2) is 7.55. The Labute approximate surface area is 155 Å². The Morgan fingerprint density at radius 2 is 1.80 bits per heavy atom. The maximum Gasteiger partial charge on any atom is 0.257 e. The molecule has 1 aromatic heterocycles. The number of benzene rings is 2. The van der Waals surface area contributed by atoms with E-state index in [0.717, 1.165) is 16.9 Å². The van der Waals surface area contributed by atoms with Gasteiger partial charge >= 0.3 is 0 Å². The molecule has 3 aromatic rings. The van der Waals surface area contributed by atoms with Crippen LogP contribution in [0.4, 0.5) is 17.1 Å². The van der Waals surface area contributed by atoms with Crippen LogP contribution >= 0.6 is 23.2 Å². The van der Waals surface area contributed by atoms with Gasteiger partial charge in [-0.15, -0.1) is 0 Å². The summed E-state index contributed by atoms with van der Waals surface area (Å²) in [5.41, 5.74) is 3.65. The molecule has 0 bridgehead atoms. The van der Waals surface area contributed by atoms with E-state index in [9.17, 15) is 4.79 Å². The lowest BCUT2D eigenvalue weighted by Crippen LogP contribution is -2.13. The van der Waals surface area contributed by atoms with Gasteiger partial charge in [0.15, 0.2) is 0 Å². The predicted molar refractivity (Wildman–Crippen MR) is 103 cm³/mol. The topological polar surface area (TPSA) is 54.0 Å². The normalized spacial score (nSPS) is 10.4. The van der Waals surface area contributed by atoms with Crippen LogP contribution in [-0.2, 0) is 0 Å². The van der Waals surface area contributed by atoms with Gasteiger partial charge in [-0.05, 0) is 42.8 Å². The molecule has 126 valence electrons. The molecule has 0 unspecified atom stereocenters. The fourth-order valence-electron chi connectivity index (χ4n) is 2.32. The van der Waals surface area contributed by atoms with Gasteiger partial charge in [-0.3, -0.25) is 9.78 Å². The van der Waals surface area contributed by atoms with E-state index in [2.05, 4.69) is 15.6 Å². The smallest absolute Gasteiger partial charge is 0.257 e. The van der Waals surface area contributed by atoms with Crippen molar-refractivity contribution in [2.45, 2.75) is 6.92 Å². The first kappa shape index (κ1) is 17.3. The van der Waals surface area contributed by atoms with E-state index >= 15 is 0 Å². The number of amides is 1. The maximum absolute atomic E-state index is 12.5. The summed E-state index contributed by atoms with van der Waals surface area (Å²) in [4.78, 5) is 16.6. The van der Waals surface area contributed by atoms with Crippen molar-refractivity contribution in [1.82, 2.24) is 4.98 Å². The molecular formula is C19H15Cl2N3O. The highest BCUT2D eigenvalue weighted by Gasteiger charge is 2.11. The van der Waals surface area contributed by atoms with Gasteiger partial charge in [-0.2, -0.15) is 0 Å². The molecule has 1 amide bonds. The summed E-state index contributed by atoms with van der Waals surface area (Å²) < 4.78 is 0. The Kier molecular flexibility index (Phi) is 5.22. The van der Waals surface area contributed by atoms with Crippen LogP contribution in [0.1, 0.15) is 15.9 Å². The molecule has 6 heteroatoms. The molecule has 0 aliphatic rings. The number of nitrogens with zero attached hydrogens (tertiary/aromatic N) is 1. The first-order chi connectivity index (χ1) is 12.0. The predicted octanol–water partition coefficient (Wildman–Crippen LogP) is 5.69. The zero-order valence-corrected chi connectivity index (χ0v) is 14.9. The second-order valence-electron chi connectivity index (χ2n) is 5.51. The number of carbonyl (C=O) groups excluding carboxylic acids is 1. The van der Waals surface area contributed by atoms with Crippen molar-refractivity contribution in [2.24, 2.45) is 0 Å². The van der Waals surface area contributed by atoms with Crippen LogP contribution in [0, 0.1) is 6.92 Å². The van der Waals surface area contributed by atoms with Crippen LogP contribution in [0.5, 0.6) is 0 Å². The highest BCUT2D eigenvalue weighted by molar-refractivity contribution is 6.44. The molecular weight excluding hydrogens is 357 g/mol. The van der Waals surface area contributed by atoms with Gasteiger partial charge in [0, 0.05) is 11.9 Å². The summed E-state index contributed by atoms with van der Waals surface area (Å²) in [6.07, 6.45) is 3.15. The van der Waals surface area contributed by atoms with E-state index in [0.29, 0.717) is 21.3 Å². The molecule has 0 radical (unpaired) electrons. The molecule has 0 saturated carbocycles. The van der Waals surface area contributed by atoms with Crippen LogP contribution in [-0.4, -0.2) is 10.9 Å². The quantitative estimate of drug-likeness (QED) is 0.618. The Hall–Kier alpha value is -2.56. The van der Waals surface area contributed by atoms with Gasteiger partial charge in [0.05, 0.1) is 33.2 Å². The third kappa shape index (κ3) is 4.29. The third-order valence-corrected chi connectivity index (χ3v) is 4.33. The first-order valence-electron chi connectivity index (χ1n) is 7.57. The molecule has 0 aliphatic carbocycles. The minimum absolute atomic E-state index is 0.305. The van der Waals surface area contributed by atoms with Crippen molar-refractivity contribution in [3.8, 4) is 0 Å². The molecule has 2 N–H and O–H groups in total. The number of rotatable bonds is 4. The Balaban J connectivity index is 1.78. The average molecular weight is 372 g/mol. The highest BCUT2D eigenvalue weighted by Crippen LogP contribution is 2.30. The molecule has 0 spiro atoms. The number of anilines is 3. The fourth-order valence-corrected chi connectivity index (χ4v) is 2.66. The number of aromatic nitrogens is 1. The largest absolute Gasteiger partial charge is 0.354 e. The minimum atomic E-state index is -0.315. The lowest BCUT2D eigenvalue weighted by molar-refractivity contribution is 0.102. The van der Waals surface area contributed by atoms with E-state index in [1.165, 1.54) is 6.20 Å². The average Bonchev–Trinajstić information content (AvgIpc) is 2.59. The molecule has 2 aromatic carbocycles. The van der Waals surface area contributed by atoms with Crippen molar-refractivity contribution < 1.29 is 4.79 Å². The second-order valence-corrected chi connectivity index (χ2v) is 6.30. The lowest BCUT2D eigenvalue weighted by atomic mass is 10.2. The number of carbonyl (C=O) groups is 1. The van der Waals surface area contributed by atoms with Crippen molar-refractivity contribution in [2.75, 3.05) is 10.6 Å². The zero-order valence-electron chi connectivity index (χ0n) is 13.4. The lowest BCUT2D eigenvalue weighted by Gasteiger charge is -2.10. The number of aryl methyl sites for hydroxylation is 1. The fraction of sp³-hybridized carbons (Fsp3) is 0.0526. The molecule has 0 fully saturated rings. The Morgan fingerprint density at radius 3 is 2.60 bits per heavy atom. The van der Waals surface area contributed by atoms with Crippen LogP contribution in [0.2, 0.25) is 10.0 Å². The molecule has 0 atom stereocenters. The number of hydrogen-bond donors (Lipinski definition) is 2. The molecule has 3 rings (SSSR count). The van der Waals surface area contributed by atoms with E-state index in [4.69, 9.17) is 23.2 Å². The molecule has 0 aliphatic heterocycles. The van der Waals surface area contributed by atoms with Crippen LogP contribution in [0.3, 0.4) is 0 Å². The molecule has 0 saturated heterocycles. The Bertz CT molecular complexity index is 928. The summed E-state index contributed by atoms with van der Waals surface area (Å²) >= 11 is 12.1. The van der Waals surface area contributed by atoms with Gasteiger partial charge in [-0.25, -0.2) is 0 Å². The van der Waals surface area contributed by atoms with E-state index in [1.807, 2.05) is 31.2 Å². The maximum atomic E-state index is 12.5. The van der Waals surface area contributed by atoms with Crippen LogP contribution in [0.15, 0.2) is 60.9 Å². The van der Waals surface area contributed by atoms with Gasteiger partial charge in [0.1, 0.15) is 0 Å². The Morgan fingerprint density at radius 1 is 1.00 bits per heavy atom. The van der Waals surface area contributed by atoms with E-state index < -0.39 is 0 Å². The van der Waals surface area contributed by atoms with Crippen molar-refractivity contribution in [3.63, 3.8) is 0 Å².